The Kier molecular flexibility index (Phi) is 3.42. The van der Waals surface area contributed by atoms with E-state index in [4.69, 9.17) is 10.2 Å². The Morgan fingerprint density at radius 1 is 1.33 bits per heavy atom. The normalized spacial score (nSPS) is 20.4. The van der Waals surface area contributed by atoms with E-state index in [1.54, 1.807) is 6.92 Å². The van der Waals surface area contributed by atoms with E-state index in [1.807, 2.05) is 0 Å². The van der Waals surface area contributed by atoms with Crippen molar-refractivity contribution in [3.8, 4) is 0 Å². The second-order valence-electron chi connectivity index (χ2n) is 2.23. The van der Waals surface area contributed by atoms with Crippen molar-refractivity contribution in [1.29, 1.82) is 0 Å². The molecular weight excluding hydrogens is 120 g/mol. The van der Waals surface area contributed by atoms with Crippen molar-refractivity contribution >= 4 is 6.29 Å². The molecular formula is C6H12O3. The molecule has 0 aliphatic carbocycles. The van der Waals surface area contributed by atoms with E-state index in [1.165, 1.54) is 6.92 Å². The highest BCUT2D eigenvalue weighted by Crippen LogP contribution is 2.05. The van der Waals surface area contributed by atoms with Gasteiger partial charge >= 0.3 is 0 Å². The summed E-state index contributed by atoms with van der Waals surface area (Å²) in [5.74, 6) is -0.373. The monoisotopic (exact) mass is 132 g/mol. The molecule has 0 saturated heterocycles. The minimum absolute atomic E-state index is 0.373. The molecule has 0 aliphatic heterocycles. The summed E-state index contributed by atoms with van der Waals surface area (Å²) in [5.41, 5.74) is 0. The zero-order valence-corrected chi connectivity index (χ0v) is 5.61. The van der Waals surface area contributed by atoms with Gasteiger partial charge in [-0.2, -0.15) is 0 Å². The number of aldehydes is 1. The number of carbonyl (C=O) groups excluding carboxylic acids is 1. The molecule has 0 unspecified atom stereocenters. The Morgan fingerprint density at radius 3 is 1.89 bits per heavy atom. The largest absolute Gasteiger partial charge is 0.393 e. The van der Waals surface area contributed by atoms with Gasteiger partial charge in [-0.3, -0.25) is 0 Å². The van der Waals surface area contributed by atoms with E-state index in [-0.39, 0.29) is 5.92 Å². The number of hydrogen-bond donors (Lipinski definition) is 2. The van der Waals surface area contributed by atoms with Gasteiger partial charge in [-0.15, -0.1) is 0 Å². The molecule has 0 saturated carbocycles. The van der Waals surface area contributed by atoms with E-state index in [2.05, 4.69) is 0 Å². The van der Waals surface area contributed by atoms with Crippen molar-refractivity contribution in [3.05, 3.63) is 0 Å². The molecule has 0 aromatic heterocycles. The number of carbonyl (C=O) groups is 1. The lowest BCUT2D eigenvalue weighted by atomic mass is 10.0. The molecule has 54 valence electrons. The molecule has 0 rings (SSSR count). The lowest BCUT2D eigenvalue weighted by Gasteiger charge is -2.15. The summed E-state index contributed by atoms with van der Waals surface area (Å²) in [7, 11) is 0. The van der Waals surface area contributed by atoms with Gasteiger partial charge in [0.05, 0.1) is 6.10 Å². The molecule has 0 radical (unpaired) electrons. The molecule has 0 bridgehead atoms. The molecule has 9 heavy (non-hydrogen) atoms. The molecule has 0 fully saturated rings. The van der Waals surface area contributed by atoms with Gasteiger partial charge < -0.3 is 15.0 Å². The summed E-state index contributed by atoms with van der Waals surface area (Å²) < 4.78 is 0. The van der Waals surface area contributed by atoms with Gasteiger partial charge in [-0.25, -0.2) is 0 Å². The zero-order valence-electron chi connectivity index (χ0n) is 5.61. The average Bonchev–Trinajstić information content (AvgIpc) is 1.84. The van der Waals surface area contributed by atoms with Crippen LogP contribution in [0.5, 0.6) is 0 Å². The van der Waals surface area contributed by atoms with Crippen molar-refractivity contribution in [1.82, 2.24) is 0 Å². The number of aliphatic hydroxyl groups is 2. The van der Waals surface area contributed by atoms with Crippen LogP contribution < -0.4 is 0 Å². The standard InChI is InChI=1S/C6H12O3/c1-4(5(2)8)6(9)3-7/h3-6,8-9H,1-2H3/t4-,5-,6-/m0/s1. The summed E-state index contributed by atoms with van der Waals surface area (Å²) in [5, 5.41) is 17.6. The maximum Gasteiger partial charge on any atom is 0.148 e. The predicted octanol–water partition coefficient (Wildman–Crippen LogP) is -0.437. The van der Waals surface area contributed by atoms with Gasteiger partial charge in [0.15, 0.2) is 0 Å². The van der Waals surface area contributed by atoms with Crippen LogP contribution in [0.3, 0.4) is 0 Å². The first-order valence-electron chi connectivity index (χ1n) is 2.91. The highest BCUT2D eigenvalue weighted by atomic mass is 16.3. The molecule has 0 aliphatic rings. The number of aliphatic hydroxyl groups excluding tert-OH is 2. The Hall–Kier alpha value is -0.410. The molecule has 0 amide bonds. The lowest BCUT2D eigenvalue weighted by Crippen LogP contribution is -2.28. The molecule has 0 heterocycles. The average molecular weight is 132 g/mol. The summed E-state index contributed by atoms with van der Waals surface area (Å²) in [6.45, 7) is 3.15. The van der Waals surface area contributed by atoms with Crippen LogP contribution in [-0.2, 0) is 4.79 Å². The molecule has 3 heteroatoms. The summed E-state index contributed by atoms with van der Waals surface area (Å²) >= 11 is 0. The van der Waals surface area contributed by atoms with Gasteiger partial charge in [0.2, 0.25) is 0 Å². The quantitative estimate of drug-likeness (QED) is 0.512. The van der Waals surface area contributed by atoms with Crippen LogP contribution in [0.4, 0.5) is 0 Å². The van der Waals surface area contributed by atoms with Crippen LogP contribution in [0, 0.1) is 5.92 Å². The fourth-order valence-corrected chi connectivity index (χ4v) is 0.409. The van der Waals surface area contributed by atoms with Crippen LogP contribution in [0.1, 0.15) is 13.8 Å². The summed E-state index contributed by atoms with van der Waals surface area (Å²) in [4.78, 5) is 9.89. The Balaban J connectivity index is 3.71. The topological polar surface area (TPSA) is 57.5 Å². The van der Waals surface area contributed by atoms with Gasteiger partial charge in [0.1, 0.15) is 12.4 Å². The summed E-state index contributed by atoms with van der Waals surface area (Å²) in [6, 6.07) is 0. The minimum Gasteiger partial charge on any atom is -0.393 e. The van der Waals surface area contributed by atoms with Gasteiger partial charge in [-0.05, 0) is 6.92 Å². The van der Waals surface area contributed by atoms with E-state index in [9.17, 15) is 4.79 Å². The van der Waals surface area contributed by atoms with Crippen LogP contribution in [-0.4, -0.2) is 28.7 Å². The third-order valence-electron chi connectivity index (χ3n) is 1.44. The second kappa shape index (κ2) is 3.58. The fourth-order valence-electron chi connectivity index (χ4n) is 0.409. The molecule has 3 atom stereocenters. The first kappa shape index (κ1) is 8.59. The maximum absolute atomic E-state index is 9.89. The fraction of sp³-hybridized carbons (Fsp3) is 0.833. The lowest BCUT2D eigenvalue weighted by molar-refractivity contribution is -0.119. The Labute approximate surface area is 54.3 Å². The van der Waals surface area contributed by atoms with Gasteiger partial charge in [0.25, 0.3) is 0 Å². The molecule has 0 aromatic carbocycles. The SMILES string of the molecule is C[C@@H]([C@H](C)O)[C@@H](O)C=O. The van der Waals surface area contributed by atoms with E-state index in [0.29, 0.717) is 6.29 Å². The van der Waals surface area contributed by atoms with Crippen molar-refractivity contribution in [2.75, 3.05) is 0 Å². The van der Waals surface area contributed by atoms with Crippen molar-refractivity contribution < 1.29 is 15.0 Å². The van der Waals surface area contributed by atoms with Crippen molar-refractivity contribution in [3.63, 3.8) is 0 Å². The Bertz CT molecular complexity index is 90.3. The highest BCUT2D eigenvalue weighted by Gasteiger charge is 2.17. The first-order chi connectivity index (χ1) is 4.09. The number of rotatable bonds is 3. The maximum atomic E-state index is 9.89. The predicted molar refractivity (Wildman–Crippen MR) is 32.9 cm³/mol. The first-order valence-corrected chi connectivity index (χ1v) is 2.91. The molecule has 0 spiro atoms. The second-order valence-corrected chi connectivity index (χ2v) is 2.23. The number of hydrogen-bond acceptors (Lipinski definition) is 3. The van der Waals surface area contributed by atoms with Crippen LogP contribution in [0.15, 0.2) is 0 Å². The summed E-state index contributed by atoms with van der Waals surface area (Å²) in [6.07, 6.45) is -1.24. The smallest absolute Gasteiger partial charge is 0.148 e. The molecule has 2 N–H and O–H groups in total. The van der Waals surface area contributed by atoms with Crippen molar-refractivity contribution in [2.24, 2.45) is 5.92 Å². The van der Waals surface area contributed by atoms with E-state index in [0.717, 1.165) is 0 Å². The van der Waals surface area contributed by atoms with E-state index >= 15 is 0 Å². The van der Waals surface area contributed by atoms with Crippen LogP contribution in [0.25, 0.3) is 0 Å². The van der Waals surface area contributed by atoms with Gasteiger partial charge in [-0.1, -0.05) is 6.92 Å². The molecule has 3 nitrogen and oxygen atoms in total. The zero-order chi connectivity index (χ0) is 7.44. The molecule has 0 aromatic rings. The van der Waals surface area contributed by atoms with Crippen molar-refractivity contribution in [2.45, 2.75) is 26.1 Å². The Morgan fingerprint density at radius 2 is 1.78 bits per heavy atom. The van der Waals surface area contributed by atoms with E-state index < -0.39 is 12.2 Å². The third-order valence-corrected chi connectivity index (χ3v) is 1.44. The van der Waals surface area contributed by atoms with Crippen LogP contribution in [0.2, 0.25) is 0 Å². The van der Waals surface area contributed by atoms with Crippen LogP contribution >= 0.6 is 0 Å². The highest BCUT2D eigenvalue weighted by molar-refractivity contribution is 5.56. The third kappa shape index (κ3) is 2.58. The van der Waals surface area contributed by atoms with Gasteiger partial charge in [0, 0.05) is 5.92 Å². The minimum atomic E-state index is -1.04.